The van der Waals surface area contributed by atoms with Crippen molar-refractivity contribution in [1.29, 1.82) is 0 Å². The Labute approximate surface area is 116 Å². The average Bonchev–Trinajstić information content (AvgIpc) is 2.35. The number of aliphatic hydroxyl groups excluding tert-OH is 1. The van der Waals surface area contributed by atoms with Gasteiger partial charge in [0.25, 0.3) is 5.91 Å². The molecule has 0 saturated carbocycles. The number of carbonyl (C=O) groups is 1. The summed E-state index contributed by atoms with van der Waals surface area (Å²) in [5.41, 5.74) is 1.66. The smallest absolute Gasteiger partial charge is 0.251 e. The van der Waals surface area contributed by atoms with Gasteiger partial charge in [-0.1, -0.05) is 46.8 Å². The molecule has 19 heavy (non-hydrogen) atoms. The van der Waals surface area contributed by atoms with Gasteiger partial charge in [0.05, 0.1) is 0 Å². The molecule has 1 aromatic carbocycles. The number of aliphatic hydroxyl groups is 1. The highest BCUT2D eigenvalue weighted by Crippen LogP contribution is 2.22. The van der Waals surface area contributed by atoms with Crippen LogP contribution in [-0.4, -0.2) is 24.2 Å². The van der Waals surface area contributed by atoms with Crippen molar-refractivity contribution in [2.75, 3.05) is 13.2 Å². The van der Waals surface area contributed by atoms with Crippen molar-refractivity contribution in [3.63, 3.8) is 0 Å². The Morgan fingerprint density at radius 1 is 1.11 bits per heavy atom. The predicted molar refractivity (Wildman–Crippen MR) is 78.3 cm³/mol. The van der Waals surface area contributed by atoms with Gasteiger partial charge in [0.1, 0.15) is 0 Å². The van der Waals surface area contributed by atoms with Crippen LogP contribution in [0, 0.1) is 5.41 Å². The molecule has 0 unspecified atom stereocenters. The van der Waals surface area contributed by atoms with E-state index < -0.39 is 0 Å². The van der Waals surface area contributed by atoms with Gasteiger partial charge in [-0.15, -0.1) is 0 Å². The lowest BCUT2D eigenvalue weighted by molar-refractivity contribution is 0.0911. The van der Waals surface area contributed by atoms with E-state index in [0.717, 1.165) is 0 Å². The van der Waals surface area contributed by atoms with Crippen molar-refractivity contribution in [3.05, 3.63) is 35.4 Å². The van der Waals surface area contributed by atoms with Crippen LogP contribution in [0.1, 0.15) is 50.5 Å². The molecule has 0 fully saturated rings. The second-order valence-electron chi connectivity index (χ2n) is 6.83. The average molecular weight is 263 g/mol. The van der Waals surface area contributed by atoms with E-state index in [4.69, 9.17) is 5.11 Å². The van der Waals surface area contributed by atoms with Crippen molar-refractivity contribution >= 4 is 5.91 Å². The Morgan fingerprint density at radius 2 is 1.63 bits per heavy atom. The minimum Gasteiger partial charge on any atom is -0.396 e. The number of benzene rings is 1. The number of rotatable bonds is 4. The highest BCUT2D eigenvalue weighted by molar-refractivity contribution is 5.94. The normalized spacial score (nSPS) is 12.3. The Balaban J connectivity index is 2.69. The van der Waals surface area contributed by atoms with Crippen LogP contribution in [0.5, 0.6) is 0 Å². The first-order valence-corrected chi connectivity index (χ1v) is 6.65. The van der Waals surface area contributed by atoms with Crippen molar-refractivity contribution in [3.8, 4) is 0 Å². The summed E-state index contributed by atoms with van der Waals surface area (Å²) in [6, 6.07) is 7.68. The van der Waals surface area contributed by atoms with E-state index >= 15 is 0 Å². The van der Waals surface area contributed by atoms with Crippen LogP contribution < -0.4 is 5.32 Å². The third-order valence-corrected chi connectivity index (χ3v) is 3.17. The van der Waals surface area contributed by atoms with Crippen molar-refractivity contribution in [1.82, 2.24) is 5.32 Å². The molecule has 0 bridgehead atoms. The number of hydrogen-bond acceptors (Lipinski definition) is 2. The predicted octanol–water partition coefficient (Wildman–Crippen LogP) is 2.73. The van der Waals surface area contributed by atoms with Crippen LogP contribution in [0.25, 0.3) is 0 Å². The van der Waals surface area contributed by atoms with E-state index in [1.165, 1.54) is 5.56 Å². The van der Waals surface area contributed by atoms with Gasteiger partial charge < -0.3 is 10.4 Å². The zero-order chi connectivity index (χ0) is 14.7. The molecule has 106 valence electrons. The fourth-order valence-corrected chi connectivity index (χ4v) is 1.60. The summed E-state index contributed by atoms with van der Waals surface area (Å²) in [6.07, 6.45) is 0. The standard InChI is InChI=1S/C16H25NO2/c1-15(2,3)13-8-6-12(7-9-13)14(19)17-10-16(4,5)11-18/h6-9,18H,10-11H2,1-5H3,(H,17,19). The van der Waals surface area contributed by atoms with Crippen LogP contribution in [0.3, 0.4) is 0 Å². The monoisotopic (exact) mass is 263 g/mol. The lowest BCUT2D eigenvalue weighted by Gasteiger charge is -2.22. The lowest BCUT2D eigenvalue weighted by atomic mass is 9.86. The molecular weight excluding hydrogens is 238 g/mol. The van der Waals surface area contributed by atoms with Crippen molar-refractivity contribution in [2.45, 2.75) is 40.0 Å². The van der Waals surface area contributed by atoms with Crippen LogP contribution in [0.4, 0.5) is 0 Å². The zero-order valence-electron chi connectivity index (χ0n) is 12.6. The van der Waals surface area contributed by atoms with Gasteiger partial charge >= 0.3 is 0 Å². The molecular formula is C16H25NO2. The molecule has 0 aliphatic carbocycles. The van der Waals surface area contributed by atoms with Gasteiger partial charge in [-0.2, -0.15) is 0 Å². The molecule has 0 heterocycles. The summed E-state index contributed by atoms with van der Waals surface area (Å²) in [5, 5.41) is 12.0. The summed E-state index contributed by atoms with van der Waals surface area (Å²) >= 11 is 0. The van der Waals surface area contributed by atoms with Crippen LogP contribution in [0.2, 0.25) is 0 Å². The molecule has 0 saturated heterocycles. The fourth-order valence-electron chi connectivity index (χ4n) is 1.60. The Kier molecular flexibility index (Phi) is 4.75. The molecule has 2 N–H and O–H groups in total. The SMILES string of the molecule is CC(C)(CO)CNC(=O)c1ccc(C(C)(C)C)cc1. The number of nitrogens with one attached hydrogen (secondary N) is 1. The largest absolute Gasteiger partial charge is 0.396 e. The quantitative estimate of drug-likeness (QED) is 0.877. The maximum absolute atomic E-state index is 12.0. The first-order chi connectivity index (χ1) is 8.65. The molecule has 3 nitrogen and oxygen atoms in total. The summed E-state index contributed by atoms with van der Waals surface area (Å²) in [7, 11) is 0. The number of carbonyl (C=O) groups excluding carboxylic acids is 1. The molecule has 0 aliphatic heterocycles. The summed E-state index contributed by atoms with van der Waals surface area (Å²) in [4.78, 5) is 12.0. The third kappa shape index (κ3) is 4.67. The number of hydrogen-bond donors (Lipinski definition) is 2. The molecule has 3 heteroatoms. The topological polar surface area (TPSA) is 49.3 Å². The van der Waals surface area contributed by atoms with Gasteiger partial charge in [0, 0.05) is 24.1 Å². The van der Waals surface area contributed by atoms with E-state index in [-0.39, 0.29) is 23.3 Å². The van der Waals surface area contributed by atoms with E-state index in [2.05, 4.69) is 26.1 Å². The second kappa shape index (κ2) is 5.74. The third-order valence-electron chi connectivity index (χ3n) is 3.17. The second-order valence-corrected chi connectivity index (χ2v) is 6.83. The van der Waals surface area contributed by atoms with Gasteiger partial charge in [-0.25, -0.2) is 0 Å². The summed E-state index contributed by atoms with van der Waals surface area (Å²) in [6.45, 7) is 10.8. The van der Waals surface area contributed by atoms with Crippen molar-refractivity contribution in [2.24, 2.45) is 5.41 Å². The first-order valence-electron chi connectivity index (χ1n) is 6.65. The van der Waals surface area contributed by atoms with Crippen LogP contribution in [0.15, 0.2) is 24.3 Å². The highest BCUT2D eigenvalue weighted by Gasteiger charge is 2.18. The van der Waals surface area contributed by atoms with Crippen LogP contribution in [-0.2, 0) is 5.41 Å². The number of amides is 1. The molecule has 1 aromatic rings. The molecule has 0 radical (unpaired) electrons. The first kappa shape index (κ1) is 15.7. The minimum atomic E-state index is -0.291. The van der Waals surface area contributed by atoms with Gasteiger partial charge in [-0.3, -0.25) is 4.79 Å². The van der Waals surface area contributed by atoms with E-state index in [1.54, 1.807) is 0 Å². The Morgan fingerprint density at radius 3 is 2.05 bits per heavy atom. The minimum absolute atomic E-state index is 0.0518. The van der Waals surface area contributed by atoms with E-state index in [9.17, 15) is 4.79 Å². The molecule has 0 atom stereocenters. The maximum atomic E-state index is 12.0. The fraction of sp³-hybridized carbons (Fsp3) is 0.562. The molecule has 1 amide bonds. The lowest BCUT2D eigenvalue weighted by Crippen LogP contribution is -2.36. The molecule has 0 spiro atoms. The Hall–Kier alpha value is -1.35. The van der Waals surface area contributed by atoms with Gasteiger partial charge in [0.15, 0.2) is 0 Å². The van der Waals surface area contributed by atoms with Crippen LogP contribution >= 0.6 is 0 Å². The van der Waals surface area contributed by atoms with Gasteiger partial charge in [-0.05, 0) is 23.1 Å². The molecule has 0 aromatic heterocycles. The summed E-state index contributed by atoms with van der Waals surface area (Å²) in [5.74, 6) is -0.0954. The highest BCUT2D eigenvalue weighted by atomic mass is 16.3. The van der Waals surface area contributed by atoms with Crippen molar-refractivity contribution < 1.29 is 9.90 Å². The molecule has 0 aliphatic rings. The Bertz CT molecular complexity index is 427. The zero-order valence-corrected chi connectivity index (χ0v) is 12.6. The van der Waals surface area contributed by atoms with E-state index in [0.29, 0.717) is 12.1 Å². The molecule has 1 rings (SSSR count). The summed E-state index contributed by atoms with van der Waals surface area (Å²) < 4.78 is 0. The van der Waals surface area contributed by atoms with Gasteiger partial charge in [0.2, 0.25) is 0 Å². The van der Waals surface area contributed by atoms with E-state index in [1.807, 2.05) is 38.1 Å². The maximum Gasteiger partial charge on any atom is 0.251 e.